The Labute approximate surface area is 58.9 Å². The van der Waals surface area contributed by atoms with Crippen LogP contribution in [0, 0.1) is 0 Å². The third-order valence-corrected chi connectivity index (χ3v) is 4.97. The van der Waals surface area contributed by atoms with Crippen LogP contribution in [0.25, 0.3) is 0 Å². The first-order chi connectivity index (χ1) is 4.21. The van der Waals surface area contributed by atoms with Gasteiger partial charge < -0.3 is 5.32 Å². The third-order valence-electron chi connectivity index (χ3n) is 2.06. The summed E-state index contributed by atoms with van der Waals surface area (Å²) in [6.45, 7) is 6.22. The fourth-order valence-electron chi connectivity index (χ4n) is 1.37. The van der Waals surface area contributed by atoms with E-state index in [1.807, 2.05) is 0 Å². The van der Waals surface area contributed by atoms with Crippen molar-refractivity contribution in [1.82, 2.24) is 5.32 Å². The molecule has 9 heavy (non-hydrogen) atoms. The van der Waals surface area contributed by atoms with Crippen LogP contribution < -0.4 is 5.32 Å². The van der Waals surface area contributed by atoms with Crippen LogP contribution in [0.15, 0.2) is 0 Å². The zero-order valence-electron chi connectivity index (χ0n) is 6.54. The minimum atomic E-state index is -0.752. The van der Waals surface area contributed by atoms with Crippen LogP contribution in [0.1, 0.15) is 12.8 Å². The summed E-state index contributed by atoms with van der Waals surface area (Å²) in [4.78, 5) is 0. The van der Waals surface area contributed by atoms with E-state index < -0.39 is 8.07 Å². The molecule has 0 aromatic heterocycles. The maximum absolute atomic E-state index is 3.50. The Morgan fingerprint density at radius 2 is 2.00 bits per heavy atom. The van der Waals surface area contributed by atoms with Gasteiger partial charge in [0.2, 0.25) is 0 Å². The summed E-state index contributed by atoms with van der Waals surface area (Å²) in [5.41, 5.74) is 0. The van der Waals surface area contributed by atoms with Gasteiger partial charge in [0.1, 0.15) is 0 Å². The van der Waals surface area contributed by atoms with E-state index in [2.05, 4.69) is 18.4 Å². The SMILES string of the molecule is C[Si]1(C)CCCCNC1. The summed E-state index contributed by atoms with van der Waals surface area (Å²) < 4.78 is 0. The molecule has 1 rings (SSSR count). The standard InChI is InChI=1S/C7H17NSi/c1-9(2)6-4-3-5-8-7-9/h8H,3-7H2,1-2H3. The van der Waals surface area contributed by atoms with Gasteiger partial charge in [0, 0.05) is 0 Å². The normalized spacial score (nSPS) is 27.3. The molecule has 0 saturated carbocycles. The topological polar surface area (TPSA) is 12.0 Å². The Kier molecular flexibility index (Phi) is 2.30. The second kappa shape index (κ2) is 2.84. The Bertz CT molecular complexity index is 80.9. The van der Waals surface area contributed by atoms with Gasteiger partial charge in [-0.05, 0) is 19.1 Å². The van der Waals surface area contributed by atoms with Gasteiger partial charge in [-0.2, -0.15) is 0 Å². The van der Waals surface area contributed by atoms with Crippen molar-refractivity contribution in [3.05, 3.63) is 0 Å². The predicted octanol–water partition coefficient (Wildman–Crippen LogP) is 1.62. The van der Waals surface area contributed by atoms with Gasteiger partial charge in [-0.25, -0.2) is 0 Å². The van der Waals surface area contributed by atoms with Crippen LogP contribution in [0.2, 0.25) is 19.1 Å². The summed E-state index contributed by atoms with van der Waals surface area (Å²) in [7, 11) is -0.752. The van der Waals surface area contributed by atoms with Gasteiger partial charge in [-0.1, -0.05) is 25.6 Å². The van der Waals surface area contributed by atoms with Crippen molar-refractivity contribution in [1.29, 1.82) is 0 Å². The van der Waals surface area contributed by atoms with Crippen molar-refractivity contribution >= 4 is 8.07 Å². The van der Waals surface area contributed by atoms with Crippen molar-refractivity contribution in [2.45, 2.75) is 32.0 Å². The van der Waals surface area contributed by atoms with E-state index in [9.17, 15) is 0 Å². The maximum atomic E-state index is 3.50. The van der Waals surface area contributed by atoms with E-state index in [1.165, 1.54) is 31.6 Å². The molecule has 0 radical (unpaired) electrons. The number of hydrogen-bond acceptors (Lipinski definition) is 1. The van der Waals surface area contributed by atoms with E-state index in [-0.39, 0.29) is 0 Å². The van der Waals surface area contributed by atoms with Gasteiger partial charge in [0.25, 0.3) is 0 Å². The fourth-order valence-corrected chi connectivity index (χ4v) is 3.61. The third kappa shape index (κ3) is 2.50. The highest BCUT2D eigenvalue weighted by Gasteiger charge is 2.20. The molecule has 1 saturated heterocycles. The number of rotatable bonds is 0. The van der Waals surface area contributed by atoms with E-state index in [0.29, 0.717) is 0 Å². The van der Waals surface area contributed by atoms with Crippen molar-refractivity contribution in [3.63, 3.8) is 0 Å². The van der Waals surface area contributed by atoms with Crippen molar-refractivity contribution in [3.8, 4) is 0 Å². The molecular formula is C7H17NSi. The summed E-state index contributed by atoms with van der Waals surface area (Å²) in [5.74, 6) is 0. The Morgan fingerprint density at radius 3 is 2.78 bits per heavy atom. The smallest absolute Gasteiger partial charge is 0.0626 e. The zero-order chi connectivity index (χ0) is 6.74. The molecule has 2 heteroatoms. The largest absolute Gasteiger partial charge is 0.319 e. The van der Waals surface area contributed by atoms with Gasteiger partial charge in [-0.15, -0.1) is 0 Å². The van der Waals surface area contributed by atoms with Crippen LogP contribution in [0.3, 0.4) is 0 Å². The fraction of sp³-hybridized carbons (Fsp3) is 1.00. The molecule has 0 spiro atoms. The summed E-state index contributed by atoms with van der Waals surface area (Å²) in [6, 6.07) is 1.53. The first kappa shape index (κ1) is 7.29. The van der Waals surface area contributed by atoms with Crippen molar-refractivity contribution < 1.29 is 0 Å². The molecule has 1 fully saturated rings. The van der Waals surface area contributed by atoms with Crippen LogP contribution in [-0.4, -0.2) is 20.8 Å². The molecule has 1 nitrogen and oxygen atoms in total. The van der Waals surface area contributed by atoms with E-state index in [1.54, 1.807) is 0 Å². The number of hydrogen-bond donors (Lipinski definition) is 1. The lowest BCUT2D eigenvalue weighted by Crippen LogP contribution is -2.37. The van der Waals surface area contributed by atoms with Gasteiger partial charge in [-0.3, -0.25) is 0 Å². The van der Waals surface area contributed by atoms with Crippen LogP contribution in [-0.2, 0) is 0 Å². The van der Waals surface area contributed by atoms with Crippen molar-refractivity contribution in [2.75, 3.05) is 12.7 Å². The second-order valence-corrected chi connectivity index (χ2v) is 8.98. The quantitative estimate of drug-likeness (QED) is 0.508. The highest BCUT2D eigenvalue weighted by atomic mass is 28.3. The Morgan fingerprint density at radius 1 is 1.22 bits per heavy atom. The molecule has 0 aromatic rings. The Hall–Kier alpha value is 0.177. The predicted molar refractivity (Wildman–Crippen MR) is 44.4 cm³/mol. The molecule has 0 bridgehead atoms. The lowest BCUT2D eigenvalue weighted by atomic mass is 10.3. The maximum Gasteiger partial charge on any atom is 0.0626 e. The second-order valence-electron chi connectivity index (χ2n) is 3.80. The molecule has 0 unspecified atom stereocenters. The molecule has 54 valence electrons. The van der Waals surface area contributed by atoms with Gasteiger partial charge in [0.15, 0.2) is 0 Å². The van der Waals surface area contributed by atoms with Crippen LogP contribution in [0.5, 0.6) is 0 Å². The first-order valence-electron chi connectivity index (χ1n) is 3.91. The van der Waals surface area contributed by atoms with Crippen LogP contribution >= 0.6 is 0 Å². The van der Waals surface area contributed by atoms with E-state index in [0.717, 1.165) is 0 Å². The molecular weight excluding hydrogens is 126 g/mol. The van der Waals surface area contributed by atoms with Gasteiger partial charge in [0.05, 0.1) is 8.07 Å². The highest BCUT2D eigenvalue weighted by Crippen LogP contribution is 2.14. The lowest BCUT2D eigenvalue weighted by Gasteiger charge is -2.18. The minimum absolute atomic E-state index is 0.752. The molecule has 1 heterocycles. The Balaban J connectivity index is 2.36. The monoisotopic (exact) mass is 143 g/mol. The van der Waals surface area contributed by atoms with E-state index in [4.69, 9.17) is 0 Å². The molecule has 1 N–H and O–H groups in total. The molecule has 0 atom stereocenters. The lowest BCUT2D eigenvalue weighted by molar-refractivity contribution is 0.717. The van der Waals surface area contributed by atoms with Gasteiger partial charge >= 0.3 is 0 Å². The first-order valence-corrected chi connectivity index (χ1v) is 7.33. The summed E-state index contributed by atoms with van der Waals surface area (Å²) in [5, 5.41) is 3.50. The summed E-state index contributed by atoms with van der Waals surface area (Å²) >= 11 is 0. The molecule has 1 aliphatic heterocycles. The summed E-state index contributed by atoms with van der Waals surface area (Å²) in [6.07, 6.45) is 4.20. The van der Waals surface area contributed by atoms with Crippen LogP contribution in [0.4, 0.5) is 0 Å². The molecule has 0 aromatic carbocycles. The zero-order valence-corrected chi connectivity index (χ0v) is 7.54. The number of nitrogens with one attached hydrogen (secondary N) is 1. The highest BCUT2D eigenvalue weighted by molar-refractivity contribution is 6.77. The van der Waals surface area contributed by atoms with E-state index >= 15 is 0 Å². The van der Waals surface area contributed by atoms with Crippen molar-refractivity contribution in [2.24, 2.45) is 0 Å². The average molecular weight is 143 g/mol. The minimum Gasteiger partial charge on any atom is -0.319 e. The average Bonchev–Trinajstić information content (AvgIpc) is 1.92. The molecule has 1 aliphatic rings. The molecule has 0 amide bonds. The molecule has 0 aliphatic carbocycles.